The predicted octanol–water partition coefficient (Wildman–Crippen LogP) is -0.143. The van der Waals surface area contributed by atoms with E-state index < -0.39 is 0 Å². The van der Waals surface area contributed by atoms with Crippen molar-refractivity contribution in [2.45, 2.75) is 18.4 Å². The van der Waals surface area contributed by atoms with Crippen molar-refractivity contribution in [1.82, 2.24) is 4.90 Å². The highest BCUT2D eigenvalue weighted by Crippen LogP contribution is 2.26. The Morgan fingerprint density at radius 2 is 1.91 bits per heavy atom. The molecule has 1 aliphatic heterocycles. The van der Waals surface area contributed by atoms with Crippen LogP contribution in [0, 0.1) is 0 Å². The van der Waals surface area contributed by atoms with Crippen LogP contribution in [-0.4, -0.2) is 47.5 Å². The fourth-order valence-electron chi connectivity index (χ4n) is 1.52. The standard InChI is InChI=1S/C7H15NO2.ClH/c1-8-4-2-3-7(8,5-9)6-10;/h9-10H,2-6H2,1H3;1H. The second-order valence-corrected chi connectivity index (χ2v) is 3.07. The molecule has 0 bridgehead atoms. The van der Waals surface area contributed by atoms with Crippen LogP contribution < -0.4 is 0 Å². The van der Waals surface area contributed by atoms with Gasteiger partial charge in [-0.1, -0.05) is 0 Å². The number of halogens is 1. The van der Waals surface area contributed by atoms with Gasteiger partial charge in [0.05, 0.1) is 18.8 Å². The van der Waals surface area contributed by atoms with Crippen LogP contribution in [0.1, 0.15) is 12.8 Å². The first kappa shape index (κ1) is 11.2. The third-order valence-electron chi connectivity index (χ3n) is 2.53. The van der Waals surface area contributed by atoms with Gasteiger partial charge in [0, 0.05) is 0 Å². The highest BCUT2D eigenvalue weighted by molar-refractivity contribution is 5.85. The van der Waals surface area contributed by atoms with E-state index in [1.54, 1.807) is 0 Å². The Bertz CT molecular complexity index is 117. The smallest absolute Gasteiger partial charge is 0.0671 e. The lowest BCUT2D eigenvalue weighted by molar-refractivity contribution is 0.0303. The highest BCUT2D eigenvalue weighted by atomic mass is 35.5. The van der Waals surface area contributed by atoms with Gasteiger partial charge in [0.25, 0.3) is 0 Å². The summed E-state index contributed by atoms with van der Waals surface area (Å²) in [5, 5.41) is 18.0. The summed E-state index contributed by atoms with van der Waals surface area (Å²) in [7, 11) is 1.94. The molecule has 2 N–H and O–H groups in total. The second-order valence-electron chi connectivity index (χ2n) is 3.07. The fourth-order valence-corrected chi connectivity index (χ4v) is 1.52. The van der Waals surface area contributed by atoms with Crippen molar-refractivity contribution in [1.29, 1.82) is 0 Å². The molecule has 0 unspecified atom stereocenters. The number of likely N-dealkylation sites (N-methyl/N-ethyl adjacent to an activating group) is 1. The SMILES string of the molecule is CN1CCCC1(CO)CO.Cl. The van der Waals surface area contributed by atoms with Gasteiger partial charge in [0.15, 0.2) is 0 Å². The largest absolute Gasteiger partial charge is 0.394 e. The van der Waals surface area contributed by atoms with Gasteiger partial charge < -0.3 is 10.2 Å². The van der Waals surface area contributed by atoms with Gasteiger partial charge in [-0.25, -0.2) is 0 Å². The Kier molecular flexibility index (Phi) is 4.32. The highest BCUT2D eigenvalue weighted by Gasteiger charge is 2.37. The molecule has 0 atom stereocenters. The minimum absolute atomic E-state index is 0. The average Bonchev–Trinajstić information content (AvgIpc) is 2.32. The molecule has 0 aromatic heterocycles. The van der Waals surface area contributed by atoms with E-state index in [1.165, 1.54) is 0 Å². The first-order valence-corrected chi connectivity index (χ1v) is 3.68. The lowest BCUT2D eigenvalue weighted by atomic mass is 9.99. The molecule has 3 nitrogen and oxygen atoms in total. The minimum Gasteiger partial charge on any atom is -0.394 e. The average molecular weight is 182 g/mol. The van der Waals surface area contributed by atoms with E-state index in [-0.39, 0.29) is 31.2 Å². The summed E-state index contributed by atoms with van der Waals surface area (Å²) in [6.45, 7) is 1.13. The summed E-state index contributed by atoms with van der Waals surface area (Å²) in [5.41, 5.74) is -0.319. The monoisotopic (exact) mass is 181 g/mol. The summed E-state index contributed by atoms with van der Waals surface area (Å²) in [5.74, 6) is 0. The summed E-state index contributed by atoms with van der Waals surface area (Å²) < 4.78 is 0. The van der Waals surface area contributed by atoms with Gasteiger partial charge in [0.1, 0.15) is 0 Å². The molecule has 11 heavy (non-hydrogen) atoms. The molecule has 68 valence electrons. The summed E-state index contributed by atoms with van der Waals surface area (Å²) in [4.78, 5) is 2.03. The third-order valence-corrected chi connectivity index (χ3v) is 2.53. The van der Waals surface area contributed by atoms with Crippen molar-refractivity contribution in [2.24, 2.45) is 0 Å². The van der Waals surface area contributed by atoms with Gasteiger partial charge >= 0.3 is 0 Å². The number of hydrogen-bond donors (Lipinski definition) is 2. The summed E-state index contributed by atoms with van der Waals surface area (Å²) in [6, 6.07) is 0. The quantitative estimate of drug-likeness (QED) is 0.623. The molecule has 4 heteroatoms. The van der Waals surface area contributed by atoms with E-state index in [0.717, 1.165) is 19.4 Å². The number of hydrogen-bond acceptors (Lipinski definition) is 3. The maximum atomic E-state index is 8.99. The molecular formula is C7H16ClNO2. The van der Waals surface area contributed by atoms with Crippen LogP contribution in [-0.2, 0) is 0 Å². The Labute approximate surface area is 73.4 Å². The van der Waals surface area contributed by atoms with Gasteiger partial charge in [-0.2, -0.15) is 0 Å². The molecule has 1 saturated heterocycles. The molecule has 0 aromatic rings. The van der Waals surface area contributed by atoms with Crippen LogP contribution in [0.5, 0.6) is 0 Å². The second kappa shape index (κ2) is 4.26. The Morgan fingerprint density at radius 1 is 1.36 bits per heavy atom. The first-order chi connectivity index (χ1) is 4.75. The van der Waals surface area contributed by atoms with E-state index in [1.807, 2.05) is 11.9 Å². The molecule has 1 aliphatic rings. The van der Waals surface area contributed by atoms with Crippen molar-refractivity contribution in [2.75, 3.05) is 26.8 Å². The lowest BCUT2D eigenvalue weighted by Gasteiger charge is -2.31. The number of aliphatic hydroxyl groups excluding tert-OH is 2. The van der Waals surface area contributed by atoms with Gasteiger partial charge in [-0.15, -0.1) is 12.4 Å². The third kappa shape index (κ3) is 1.85. The Hall–Kier alpha value is 0.170. The van der Waals surface area contributed by atoms with Crippen LogP contribution in [0.25, 0.3) is 0 Å². The van der Waals surface area contributed by atoms with Crippen molar-refractivity contribution in [3.63, 3.8) is 0 Å². The molecule has 0 amide bonds. The lowest BCUT2D eigenvalue weighted by Crippen LogP contribution is -2.47. The fraction of sp³-hybridized carbons (Fsp3) is 1.00. The first-order valence-electron chi connectivity index (χ1n) is 3.68. The molecule has 0 aromatic carbocycles. The van der Waals surface area contributed by atoms with Gasteiger partial charge in [-0.3, -0.25) is 4.90 Å². The minimum atomic E-state index is -0.319. The molecule has 0 spiro atoms. The topological polar surface area (TPSA) is 43.7 Å². The van der Waals surface area contributed by atoms with Crippen molar-refractivity contribution < 1.29 is 10.2 Å². The van der Waals surface area contributed by atoms with Crippen LogP contribution in [0.15, 0.2) is 0 Å². The van der Waals surface area contributed by atoms with E-state index in [9.17, 15) is 0 Å². The van der Waals surface area contributed by atoms with Crippen LogP contribution in [0.4, 0.5) is 0 Å². The summed E-state index contributed by atoms with van der Waals surface area (Å²) >= 11 is 0. The zero-order valence-corrected chi connectivity index (χ0v) is 7.60. The number of aliphatic hydroxyl groups is 2. The molecule has 0 radical (unpaired) electrons. The Balaban J connectivity index is 0.000001000. The normalized spacial score (nSPS) is 23.2. The van der Waals surface area contributed by atoms with E-state index in [4.69, 9.17) is 10.2 Å². The number of rotatable bonds is 2. The molecule has 1 rings (SSSR count). The zero-order chi connectivity index (χ0) is 7.61. The van der Waals surface area contributed by atoms with E-state index in [0.29, 0.717) is 0 Å². The molecular weight excluding hydrogens is 166 g/mol. The van der Waals surface area contributed by atoms with Gasteiger partial charge in [0.2, 0.25) is 0 Å². The predicted molar refractivity (Wildman–Crippen MR) is 46.0 cm³/mol. The van der Waals surface area contributed by atoms with Crippen LogP contribution in [0.3, 0.4) is 0 Å². The van der Waals surface area contributed by atoms with Crippen molar-refractivity contribution >= 4 is 12.4 Å². The Morgan fingerprint density at radius 3 is 2.09 bits per heavy atom. The van der Waals surface area contributed by atoms with Crippen molar-refractivity contribution in [3.8, 4) is 0 Å². The number of likely N-dealkylation sites (tertiary alicyclic amines) is 1. The molecule has 1 fully saturated rings. The maximum Gasteiger partial charge on any atom is 0.0671 e. The number of nitrogens with zero attached hydrogens (tertiary/aromatic N) is 1. The van der Waals surface area contributed by atoms with Crippen LogP contribution in [0.2, 0.25) is 0 Å². The maximum absolute atomic E-state index is 8.99. The summed E-state index contributed by atoms with van der Waals surface area (Å²) in [6.07, 6.45) is 1.99. The molecule has 0 aliphatic carbocycles. The van der Waals surface area contributed by atoms with Crippen LogP contribution >= 0.6 is 12.4 Å². The van der Waals surface area contributed by atoms with E-state index >= 15 is 0 Å². The molecule has 1 heterocycles. The van der Waals surface area contributed by atoms with Crippen molar-refractivity contribution in [3.05, 3.63) is 0 Å². The van der Waals surface area contributed by atoms with E-state index in [2.05, 4.69) is 0 Å². The zero-order valence-electron chi connectivity index (χ0n) is 6.79. The molecule has 0 saturated carbocycles. The van der Waals surface area contributed by atoms with Gasteiger partial charge in [-0.05, 0) is 26.4 Å².